The molecule has 140 valence electrons. The lowest BCUT2D eigenvalue weighted by Crippen LogP contribution is -2.44. The Morgan fingerprint density at radius 2 is 2.19 bits per heavy atom. The highest BCUT2D eigenvalue weighted by Crippen LogP contribution is 2.29. The van der Waals surface area contributed by atoms with Crippen LogP contribution >= 0.6 is 0 Å². The lowest BCUT2D eigenvalue weighted by atomic mass is 10.0. The van der Waals surface area contributed by atoms with E-state index in [1.54, 1.807) is 22.7 Å². The zero-order valence-electron chi connectivity index (χ0n) is 15.2. The van der Waals surface area contributed by atoms with E-state index in [0.717, 1.165) is 30.5 Å². The zero-order valence-corrected chi connectivity index (χ0v) is 15.2. The van der Waals surface area contributed by atoms with E-state index in [2.05, 4.69) is 20.6 Å². The van der Waals surface area contributed by atoms with E-state index in [1.165, 1.54) is 0 Å². The Morgan fingerprint density at radius 3 is 2.96 bits per heavy atom. The molecule has 1 fully saturated rings. The van der Waals surface area contributed by atoms with Crippen LogP contribution in [-0.2, 0) is 6.54 Å². The Bertz CT molecular complexity index is 905. The molecule has 0 radical (unpaired) electrons. The number of aryl methyl sites for hydroxylation is 1. The molecule has 0 aliphatic carbocycles. The van der Waals surface area contributed by atoms with Crippen LogP contribution in [0, 0.1) is 6.92 Å². The highest BCUT2D eigenvalue weighted by molar-refractivity contribution is 5.74. The fraction of sp³-hybridized carbons (Fsp3) is 0.368. The third-order valence-corrected chi connectivity index (χ3v) is 4.76. The largest absolute Gasteiger partial charge is 0.337 e. The van der Waals surface area contributed by atoms with Crippen molar-refractivity contribution in [1.82, 2.24) is 30.1 Å². The maximum Gasteiger partial charge on any atom is 0.318 e. The van der Waals surface area contributed by atoms with Crippen molar-refractivity contribution in [2.45, 2.75) is 38.8 Å². The number of likely N-dealkylation sites (tertiary alicyclic amines) is 1. The molecule has 1 unspecified atom stereocenters. The molecule has 2 amide bonds. The van der Waals surface area contributed by atoms with Gasteiger partial charge in [0.05, 0.1) is 5.69 Å². The predicted molar refractivity (Wildman–Crippen MR) is 98.1 cm³/mol. The minimum atomic E-state index is -0.165. The molecular weight excluding hydrogens is 344 g/mol. The number of rotatable bonds is 4. The number of benzene rings is 1. The third kappa shape index (κ3) is 3.69. The van der Waals surface area contributed by atoms with E-state index < -0.39 is 0 Å². The molecule has 1 aromatic carbocycles. The summed E-state index contributed by atoms with van der Waals surface area (Å²) < 4.78 is 7.12. The van der Waals surface area contributed by atoms with Crippen LogP contribution in [0.4, 0.5) is 4.79 Å². The molecule has 0 spiro atoms. The molecule has 4 rings (SSSR count). The van der Waals surface area contributed by atoms with Gasteiger partial charge in [-0.25, -0.2) is 9.48 Å². The van der Waals surface area contributed by atoms with Gasteiger partial charge >= 0.3 is 6.03 Å². The molecule has 1 aliphatic rings. The van der Waals surface area contributed by atoms with Gasteiger partial charge in [-0.3, -0.25) is 0 Å². The summed E-state index contributed by atoms with van der Waals surface area (Å²) in [6, 6.07) is 9.48. The molecule has 27 heavy (non-hydrogen) atoms. The van der Waals surface area contributed by atoms with E-state index in [1.807, 2.05) is 36.5 Å². The average Bonchev–Trinajstić information content (AvgIpc) is 3.38. The first-order valence-corrected chi connectivity index (χ1v) is 9.15. The van der Waals surface area contributed by atoms with Crippen LogP contribution < -0.4 is 5.32 Å². The third-order valence-electron chi connectivity index (χ3n) is 4.76. The summed E-state index contributed by atoms with van der Waals surface area (Å²) >= 11 is 0. The Labute approximate surface area is 157 Å². The van der Waals surface area contributed by atoms with Crippen molar-refractivity contribution >= 4 is 6.03 Å². The van der Waals surface area contributed by atoms with Crippen molar-refractivity contribution < 1.29 is 9.32 Å². The number of carbonyl (C=O) groups excluding carboxylic acids is 1. The topological polar surface area (TPSA) is 89.1 Å². The lowest BCUT2D eigenvalue weighted by molar-refractivity contribution is 0.131. The first-order chi connectivity index (χ1) is 13.2. The molecule has 0 saturated carbocycles. The second kappa shape index (κ2) is 7.61. The van der Waals surface area contributed by atoms with Gasteiger partial charge in [0.2, 0.25) is 5.89 Å². The van der Waals surface area contributed by atoms with Crippen LogP contribution in [0.1, 0.15) is 42.6 Å². The number of para-hydroxylation sites is 1. The van der Waals surface area contributed by atoms with Crippen LogP contribution in [0.2, 0.25) is 0 Å². The molecule has 1 saturated heterocycles. The molecule has 0 bridgehead atoms. The summed E-state index contributed by atoms with van der Waals surface area (Å²) in [5, 5.41) is 11.2. The Morgan fingerprint density at radius 1 is 1.30 bits per heavy atom. The molecule has 1 N–H and O–H groups in total. The first kappa shape index (κ1) is 17.3. The SMILES string of the molecule is Cc1noc(C2CCCCN2C(=O)NCc2ccccc2-n2cccn2)n1. The maximum atomic E-state index is 12.9. The lowest BCUT2D eigenvalue weighted by Gasteiger charge is -2.33. The summed E-state index contributed by atoms with van der Waals surface area (Å²) in [7, 11) is 0. The second-order valence-electron chi connectivity index (χ2n) is 6.62. The molecule has 8 heteroatoms. The minimum absolute atomic E-state index is 0.120. The summed E-state index contributed by atoms with van der Waals surface area (Å²) in [5.74, 6) is 1.10. The highest BCUT2D eigenvalue weighted by atomic mass is 16.5. The van der Waals surface area contributed by atoms with Crippen molar-refractivity contribution in [2.75, 3.05) is 6.54 Å². The average molecular weight is 366 g/mol. The molecule has 8 nitrogen and oxygen atoms in total. The minimum Gasteiger partial charge on any atom is -0.337 e. The molecule has 3 heterocycles. The zero-order chi connectivity index (χ0) is 18.6. The van der Waals surface area contributed by atoms with Crippen molar-refractivity contribution in [2.24, 2.45) is 0 Å². The highest BCUT2D eigenvalue weighted by Gasteiger charge is 2.31. The smallest absolute Gasteiger partial charge is 0.318 e. The summed E-state index contributed by atoms with van der Waals surface area (Å²) in [6.07, 6.45) is 6.47. The molecule has 3 aromatic rings. The van der Waals surface area contributed by atoms with Gasteiger partial charge in [-0.1, -0.05) is 23.4 Å². The van der Waals surface area contributed by atoms with Crippen molar-refractivity contribution in [1.29, 1.82) is 0 Å². The van der Waals surface area contributed by atoms with Gasteiger partial charge in [-0.15, -0.1) is 0 Å². The van der Waals surface area contributed by atoms with Crippen LogP contribution in [0.25, 0.3) is 5.69 Å². The van der Waals surface area contributed by atoms with Crippen LogP contribution in [0.15, 0.2) is 47.2 Å². The Balaban J connectivity index is 1.48. The predicted octanol–water partition coefficient (Wildman–Crippen LogP) is 3.00. The molecule has 1 aliphatic heterocycles. The quantitative estimate of drug-likeness (QED) is 0.767. The van der Waals surface area contributed by atoms with E-state index in [9.17, 15) is 4.79 Å². The number of piperidine rings is 1. The fourth-order valence-corrected chi connectivity index (χ4v) is 3.45. The molecule has 1 atom stereocenters. The number of hydrogen-bond acceptors (Lipinski definition) is 5. The van der Waals surface area contributed by atoms with Crippen molar-refractivity contribution in [3.05, 3.63) is 60.0 Å². The van der Waals surface area contributed by atoms with Crippen molar-refractivity contribution in [3.63, 3.8) is 0 Å². The molecule has 2 aromatic heterocycles. The van der Waals surface area contributed by atoms with E-state index in [0.29, 0.717) is 24.8 Å². The van der Waals surface area contributed by atoms with Gasteiger partial charge in [-0.2, -0.15) is 10.1 Å². The number of nitrogens with one attached hydrogen (secondary N) is 1. The normalized spacial score (nSPS) is 17.1. The molecular formula is C19H22N6O2. The van der Waals surface area contributed by atoms with Crippen LogP contribution in [0.3, 0.4) is 0 Å². The number of aromatic nitrogens is 4. The van der Waals surface area contributed by atoms with Gasteiger partial charge in [0.1, 0.15) is 6.04 Å². The van der Waals surface area contributed by atoms with E-state index >= 15 is 0 Å². The number of carbonyl (C=O) groups is 1. The standard InChI is InChI=1S/C19H22N6O2/c1-14-22-18(27-23-14)17-9-4-5-11-24(17)19(26)20-13-15-7-2-3-8-16(15)25-12-6-10-21-25/h2-3,6-8,10,12,17H,4-5,9,11,13H2,1H3,(H,20,26). The van der Waals surface area contributed by atoms with Gasteiger partial charge in [0.25, 0.3) is 0 Å². The second-order valence-corrected chi connectivity index (χ2v) is 6.62. The van der Waals surface area contributed by atoms with Gasteiger partial charge in [0.15, 0.2) is 5.82 Å². The monoisotopic (exact) mass is 366 g/mol. The van der Waals surface area contributed by atoms with Crippen LogP contribution in [-0.4, -0.2) is 37.4 Å². The van der Waals surface area contributed by atoms with Crippen molar-refractivity contribution in [3.8, 4) is 5.69 Å². The summed E-state index contributed by atoms with van der Waals surface area (Å²) in [6.45, 7) is 2.88. The number of nitrogens with zero attached hydrogens (tertiary/aromatic N) is 5. The fourth-order valence-electron chi connectivity index (χ4n) is 3.45. The van der Waals surface area contributed by atoms with Gasteiger partial charge < -0.3 is 14.7 Å². The number of hydrogen-bond donors (Lipinski definition) is 1. The summed E-state index contributed by atoms with van der Waals surface area (Å²) in [4.78, 5) is 19.0. The van der Waals surface area contributed by atoms with Crippen LogP contribution in [0.5, 0.6) is 0 Å². The first-order valence-electron chi connectivity index (χ1n) is 9.15. The number of urea groups is 1. The maximum absolute atomic E-state index is 12.9. The summed E-state index contributed by atoms with van der Waals surface area (Å²) in [5.41, 5.74) is 1.95. The van der Waals surface area contributed by atoms with E-state index in [4.69, 9.17) is 4.52 Å². The Kier molecular flexibility index (Phi) is 4.86. The Hall–Kier alpha value is -3.16. The van der Waals surface area contributed by atoms with E-state index in [-0.39, 0.29) is 12.1 Å². The number of amides is 2. The van der Waals surface area contributed by atoms with Gasteiger partial charge in [-0.05, 0) is 43.9 Å². The van der Waals surface area contributed by atoms with Gasteiger partial charge in [0, 0.05) is 25.5 Å².